The summed E-state index contributed by atoms with van der Waals surface area (Å²) in [6, 6.07) is 4.74. The fraction of sp³-hybridized carbons (Fsp3) is 0.591. The Kier molecular flexibility index (Phi) is 9.42. The maximum absolute atomic E-state index is 12.8. The Bertz CT molecular complexity index is 800. The van der Waals surface area contributed by atoms with E-state index in [2.05, 4.69) is 4.98 Å². The summed E-state index contributed by atoms with van der Waals surface area (Å²) in [4.78, 5) is 55.7. The molecule has 10 nitrogen and oxygen atoms in total. The lowest BCUT2D eigenvalue weighted by molar-refractivity contribution is -0.168. The fourth-order valence-corrected chi connectivity index (χ4v) is 3.35. The highest BCUT2D eigenvalue weighted by atomic mass is 16.7. The summed E-state index contributed by atoms with van der Waals surface area (Å²) in [5.74, 6) is -1.90. The summed E-state index contributed by atoms with van der Waals surface area (Å²) in [6.07, 6.45) is 1.68. The Morgan fingerprint density at radius 1 is 1.22 bits per heavy atom. The van der Waals surface area contributed by atoms with Gasteiger partial charge in [0, 0.05) is 45.4 Å². The molecule has 1 saturated heterocycles. The number of nitrogens with zero attached hydrogens (tertiary/aromatic N) is 3. The molecule has 2 heterocycles. The molecule has 0 bridgehead atoms. The Morgan fingerprint density at radius 3 is 2.59 bits per heavy atom. The molecular formula is C22H31N3O7. The summed E-state index contributed by atoms with van der Waals surface area (Å²) in [5.41, 5.74) is 0.845. The van der Waals surface area contributed by atoms with Gasteiger partial charge in [0.15, 0.2) is 6.10 Å². The van der Waals surface area contributed by atoms with E-state index in [1.54, 1.807) is 27.1 Å². The van der Waals surface area contributed by atoms with Crippen molar-refractivity contribution in [3.05, 3.63) is 30.1 Å². The van der Waals surface area contributed by atoms with Gasteiger partial charge in [0.2, 0.25) is 6.79 Å². The van der Waals surface area contributed by atoms with Crippen molar-refractivity contribution in [2.75, 3.05) is 26.9 Å². The predicted octanol–water partition coefficient (Wildman–Crippen LogP) is 1.77. The van der Waals surface area contributed by atoms with E-state index in [0.717, 1.165) is 5.69 Å². The molecule has 2 amide bonds. The van der Waals surface area contributed by atoms with Crippen molar-refractivity contribution in [1.29, 1.82) is 0 Å². The minimum Gasteiger partial charge on any atom is -0.452 e. The van der Waals surface area contributed by atoms with Crippen molar-refractivity contribution in [2.45, 2.75) is 52.2 Å². The van der Waals surface area contributed by atoms with E-state index in [4.69, 9.17) is 14.2 Å². The Morgan fingerprint density at radius 2 is 1.97 bits per heavy atom. The van der Waals surface area contributed by atoms with Crippen LogP contribution in [0.4, 0.5) is 4.79 Å². The Balaban J connectivity index is 1.81. The predicted molar refractivity (Wildman–Crippen MR) is 113 cm³/mol. The van der Waals surface area contributed by atoms with Gasteiger partial charge in [-0.3, -0.25) is 14.6 Å². The molecule has 0 aromatic carbocycles. The van der Waals surface area contributed by atoms with Crippen LogP contribution in [0.15, 0.2) is 24.4 Å². The molecule has 0 unspecified atom stereocenters. The molecule has 0 aliphatic carbocycles. The largest absolute Gasteiger partial charge is 0.452 e. The van der Waals surface area contributed by atoms with Gasteiger partial charge >= 0.3 is 18.0 Å². The van der Waals surface area contributed by atoms with E-state index in [1.165, 1.54) is 16.7 Å². The van der Waals surface area contributed by atoms with Crippen molar-refractivity contribution < 1.29 is 33.4 Å². The maximum Gasteiger partial charge on any atom is 0.412 e. The van der Waals surface area contributed by atoms with E-state index in [-0.39, 0.29) is 5.92 Å². The summed E-state index contributed by atoms with van der Waals surface area (Å²) in [6.45, 7) is 4.96. The number of rotatable bonds is 9. The summed E-state index contributed by atoms with van der Waals surface area (Å²) in [5, 5.41) is 0. The van der Waals surface area contributed by atoms with Crippen LogP contribution in [-0.2, 0) is 35.0 Å². The first-order valence-corrected chi connectivity index (χ1v) is 10.6. The van der Waals surface area contributed by atoms with Crippen LogP contribution in [0, 0.1) is 5.92 Å². The van der Waals surface area contributed by atoms with Gasteiger partial charge in [0.05, 0.1) is 0 Å². The first-order valence-electron chi connectivity index (χ1n) is 10.6. The maximum atomic E-state index is 12.8. The normalized spacial score (nSPS) is 16.4. The molecule has 176 valence electrons. The molecule has 2 atom stereocenters. The van der Waals surface area contributed by atoms with Gasteiger partial charge in [-0.1, -0.05) is 19.9 Å². The first-order chi connectivity index (χ1) is 15.2. The monoisotopic (exact) mass is 449 g/mol. The summed E-state index contributed by atoms with van der Waals surface area (Å²) < 4.78 is 15.2. The molecule has 0 radical (unpaired) electrons. The van der Waals surface area contributed by atoms with E-state index >= 15 is 0 Å². The topological polar surface area (TPSA) is 115 Å². The first kappa shape index (κ1) is 25.1. The smallest absolute Gasteiger partial charge is 0.412 e. The zero-order chi connectivity index (χ0) is 23.7. The molecular weight excluding hydrogens is 418 g/mol. The fourth-order valence-electron chi connectivity index (χ4n) is 3.35. The number of aromatic nitrogens is 1. The third-order valence-corrected chi connectivity index (χ3v) is 5.07. The summed E-state index contributed by atoms with van der Waals surface area (Å²) in [7, 11) is 1.57. The zero-order valence-electron chi connectivity index (χ0n) is 19.0. The number of carbonyl (C=O) groups excluding carboxylic acids is 4. The lowest BCUT2D eigenvalue weighted by Crippen LogP contribution is -2.48. The zero-order valence-corrected chi connectivity index (χ0v) is 19.0. The van der Waals surface area contributed by atoms with Crippen molar-refractivity contribution >= 4 is 23.9 Å². The van der Waals surface area contributed by atoms with Crippen molar-refractivity contribution in [1.82, 2.24) is 14.8 Å². The number of ether oxygens (including phenoxy) is 3. The molecule has 1 aliphatic rings. The number of pyridine rings is 1. The van der Waals surface area contributed by atoms with E-state index in [0.29, 0.717) is 32.4 Å². The highest BCUT2D eigenvalue weighted by Gasteiger charge is 2.40. The summed E-state index contributed by atoms with van der Waals surface area (Å²) >= 11 is 0. The third kappa shape index (κ3) is 7.21. The number of esters is 2. The number of likely N-dealkylation sites (N-methyl/N-ethyl adjacent to an activating group) is 1. The van der Waals surface area contributed by atoms with Crippen molar-refractivity contribution in [3.8, 4) is 0 Å². The lowest BCUT2D eigenvalue weighted by Gasteiger charge is -2.29. The standard InChI is InChI=1S/C22H31N3O7/c1-15(2)19(32-16(3)26)20(27)25-12-7-9-18(25)21(28)30-14-31-22(29)24(4)13-10-17-8-5-6-11-23-17/h5-6,8,11,15,18-19H,7,9-10,12-14H2,1-4H3/t18-,19+/m0/s1. The van der Waals surface area contributed by atoms with Gasteiger partial charge < -0.3 is 24.0 Å². The van der Waals surface area contributed by atoms with Crippen LogP contribution >= 0.6 is 0 Å². The quantitative estimate of drug-likeness (QED) is 0.414. The van der Waals surface area contributed by atoms with Gasteiger partial charge in [-0.25, -0.2) is 9.59 Å². The van der Waals surface area contributed by atoms with Gasteiger partial charge in [-0.2, -0.15) is 0 Å². The average molecular weight is 450 g/mol. The second kappa shape index (κ2) is 12.0. The van der Waals surface area contributed by atoms with Crippen LogP contribution in [0.5, 0.6) is 0 Å². The van der Waals surface area contributed by atoms with E-state index < -0.39 is 42.9 Å². The molecule has 1 aromatic heterocycles. The van der Waals surface area contributed by atoms with Crippen LogP contribution in [0.3, 0.4) is 0 Å². The third-order valence-electron chi connectivity index (χ3n) is 5.07. The minimum absolute atomic E-state index is 0.244. The van der Waals surface area contributed by atoms with Crippen LogP contribution in [0.2, 0.25) is 0 Å². The van der Waals surface area contributed by atoms with Crippen LogP contribution in [-0.4, -0.2) is 77.8 Å². The van der Waals surface area contributed by atoms with E-state index in [9.17, 15) is 19.2 Å². The molecule has 1 aromatic rings. The molecule has 0 spiro atoms. The lowest BCUT2D eigenvalue weighted by atomic mass is 10.1. The van der Waals surface area contributed by atoms with Crippen molar-refractivity contribution in [2.24, 2.45) is 5.92 Å². The average Bonchev–Trinajstić information content (AvgIpc) is 3.25. The Labute approximate surface area is 187 Å². The number of amides is 2. The van der Waals surface area contributed by atoms with Crippen LogP contribution < -0.4 is 0 Å². The number of hydrogen-bond donors (Lipinski definition) is 0. The molecule has 0 saturated carbocycles. The van der Waals surface area contributed by atoms with Gasteiger partial charge in [-0.05, 0) is 30.9 Å². The molecule has 10 heteroatoms. The SMILES string of the molecule is CC(=O)O[C@@H](C(=O)N1CCC[C@H]1C(=O)OCOC(=O)N(C)CCc1ccccn1)C(C)C. The number of carbonyl (C=O) groups is 4. The second-order valence-electron chi connectivity index (χ2n) is 7.95. The van der Waals surface area contributed by atoms with Gasteiger partial charge in [0.25, 0.3) is 5.91 Å². The molecule has 32 heavy (non-hydrogen) atoms. The molecule has 1 fully saturated rings. The molecule has 2 rings (SSSR count). The van der Waals surface area contributed by atoms with Gasteiger partial charge in [-0.15, -0.1) is 0 Å². The van der Waals surface area contributed by atoms with Crippen LogP contribution in [0.1, 0.15) is 39.3 Å². The molecule has 1 aliphatic heterocycles. The number of hydrogen-bond acceptors (Lipinski definition) is 8. The highest BCUT2D eigenvalue weighted by Crippen LogP contribution is 2.22. The van der Waals surface area contributed by atoms with Crippen molar-refractivity contribution in [3.63, 3.8) is 0 Å². The second-order valence-corrected chi connectivity index (χ2v) is 7.95. The molecule has 0 N–H and O–H groups in total. The highest BCUT2D eigenvalue weighted by molar-refractivity contribution is 5.89. The Hall–Kier alpha value is -3.17. The number of likely N-dealkylation sites (tertiary alicyclic amines) is 1. The van der Waals surface area contributed by atoms with Crippen LogP contribution in [0.25, 0.3) is 0 Å². The van der Waals surface area contributed by atoms with Gasteiger partial charge in [0.1, 0.15) is 6.04 Å². The van der Waals surface area contributed by atoms with E-state index in [1.807, 2.05) is 18.2 Å². The minimum atomic E-state index is -0.966.